The van der Waals surface area contributed by atoms with Gasteiger partial charge in [0.1, 0.15) is 11.4 Å². The molecule has 3 rings (SSSR count). The number of hydrogen-bond acceptors (Lipinski definition) is 6. The van der Waals surface area contributed by atoms with E-state index in [0.717, 1.165) is 0 Å². The van der Waals surface area contributed by atoms with Gasteiger partial charge in [0.05, 0.1) is 23.9 Å². The molecule has 158 valence electrons. The van der Waals surface area contributed by atoms with Crippen molar-refractivity contribution in [2.24, 2.45) is 7.05 Å². The second-order valence-electron chi connectivity index (χ2n) is 6.92. The molecule has 9 heteroatoms. The first-order valence-corrected chi connectivity index (χ1v) is 9.88. The van der Waals surface area contributed by atoms with Crippen LogP contribution in [0.1, 0.15) is 63.7 Å². The lowest BCUT2D eigenvalue weighted by molar-refractivity contribution is -0.116. The summed E-state index contributed by atoms with van der Waals surface area (Å²) in [4.78, 5) is 50.1. The number of unbranched alkanes of at least 4 members (excludes halogenated alkanes) is 2. The van der Waals surface area contributed by atoms with Crippen LogP contribution in [0.25, 0.3) is 0 Å². The number of fused-ring (bicyclic) bond motifs is 1. The summed E-state index contributed by atoms with van der Waals surface area (Å²) in [6.45, 7) is 2.26. The number of benzene rings is 1. The van der Waals surface area contributed by atoms with Crippen LogP contribution in [-0.2, 0) is 16.6 Å². The van der Waals surface area contributed by atoms with E-state index in [-0.39, 0.29) is 36.3 Å². The number of carbonyl (C=O) groups is 4. The quantitative estimate of drug-likeness (QED) is 0.385. The zero-order valence-electron chi connectivity index (χ0n) is 17.0. The van der Waals surface area contributed by atoms with E-state index in [1.54, 1.807) is 38.2 Å². The van der Waals surface area contributed by atoms with Crippen LogP contribution >= 0.6 is 0 Å². The minimum atomic E-state index is -0.540. The molecule has 0 spiro atoms. The maximum Gasteiger partial charge on any atom is 0.343 e. The molecular weight excluding hydrogens is 388 g/mol. The summed E-state index contributed by atoms with van der Waals surface area (Å²) in [6.07, 6.45) is 3.47. The topological polar surface area (TPSA) is 111 Å². The Bertz CT molecular complexity index is 947. The van der Waals surface area contributed by atoms with E-state index in [1.807, 2.05) is 0 Å². The van der Waals surface area contributed by atoms with Gasteiger partial charge < -0.3 is 10.1 Å². The molecule has 9 nitrogen and oxygen atoms in total. The Morgan fingerprint density at radius 3 is 2.37 bits per heavy atom. The second kappa shape index (κ2) is 9.34. The standard InChI is InChI=1S/C21H24N4O5/c1-3-30-21(29)16-13-22-24(2)18(16)23-17(26)11-5-4-8-12-25-19(27)14-9-6-7-10-15(14)20(25)28/h6-7,9-10,13H,3-5,8,11-12H2,1-2H3,(H,23,26). The molecule has 0 radical (unpaired) electrons. The van der Waals surface area contributed by atoms with Crippen LogP contribution in [0.4, 0.5) is 5.82 Å². The molecule has 1 aromatic carbocycles. The van der Waals surface area contributed by atoms with Gasteiger partial charge in [-0.15, -0.1) is 0 Å². The van der Waals surface area contributed by atoms with E-state index >= 15 is 0 Å². The fourth-order valence-electron chi connectivity index (χ4n) is 3.31. The Hall–Kier alpha value is -3.49. The highest BCUT2D eigenvalue weighted by Crippen LogP contribution is 2.23. The zero-order valence-corrected chi connectivity index (χ0v) is 17.0. The monoisotopic (exact) mass is 412 g/mol. The predicted octanol–water partition coefficient (Wildman–Crippen LogP) is 2.39. The summed E-state index contributed by atoms with van der Waals surface area (Å²) >= 11 is 0. The molecule has 0 saturated heterocycles. The van der Waals surface area contributed by atoms with Gasteiger partial charge in [-0.2, -0.15) is 5.10 Å². The third-order valence-electron chi connectivity index (χ3n) is 4.86. The van der Waals surface area contributed by atoms with Crippen molar-refractivity contribution in [3.05, 3.63) is 47.2 Å². The predicted molar refractivity (Wildman–Crippen MR) is 108 cm³/mol. The Morgan fingerprint density at radius 1 is 1.07 bits per heavy atom. The molecule has 0 aliphatic carbocycles. The normalized spacial score (nSPS) is 12.8. The maximum atomic E-state index is 12.3. The fraction of sp³-hybridized carbons (Fsp3) is 0.381. The number of anilines is 1. The number of nitrogens with zero attached hydrogens (tertiary/aromatic N) is 3. The van der Waals surface area contributed by atoms with Gasteiger partial charge in [-0.3, -0.25) is 24.0 Å². The van der Waals surface area contributed by atoms with E-state index in [0.29, 0.717) is 42.8 Å². The van der Waals surface area contributed by atoms with Crippen LogP contribution < -0.4 is 5.32 Å². The summed E-state index contributed by atoms with van der Waals surface area (Å²) < 4.78 is 6.37. The molecule has 0 unspecified atom stereocenters. The smallest absolute Gasteiger partial charge is 0.343 e. The molecule has 1 aliphatic heterocycles. The first kappa shape index (κ1) is 21.2. The van der Waals surface area contributed by atoms with Crippen molar-refractivity contribution in [1.29, 1.82) is 0 Å². The molecule has 30 heavy (non-hydrogen) atoms. The average molecular weight is 412 g/mol. The molecule has 3 amide bonds. The number of carbonyl (C=O) groups excluding carboxylic acids is 4. The number of rotatable bonds is 9. The van der Waals surface area contributed by atoms with Crippen molar-refractivity contribution in [2.75, 3.05) is 18.5 Å². The van der Waals surface area contributed by atoms with Crippen molar-refractivity contribution in [2.45, 2.75) is 32.6 Å². The molecule has 1 N–H and O–H groups in total. The number of aryl methyl sites for hydroxylation is 1. The first-order valence-electron chi connectivity index (χ1n) is 9.88. The van der Waals surface area contributed by atoms with E-state index in [1.165, 1.54) is 15.8 Å². The van der Waals surface area contributed by atoms with Crippen molar-refractivity contribution >= 4 is 29.5 Å². The summed E-state index contributed by atoms with van der Waals surface area (Å²) in [5.41, 5.74) is 1.09. The van der Waals surface area contributed by atoms with Gasteiger partial charge in [0.15, 0.2) is 0 Å². The largest absolute Gasteiger partial charge is 0.462 e. The van der Waals surface area contributed by atoms with Crippen LogP contribution in [0.3, 0.4) is 0 Å². The fourth-order valence-corrected chi connectivity index (χ4v) is 3.31. The second-order valence-corrected chi connectivity index (χ2v) is 6.92. The lowest BCUT2D eigenvalue weighted by atomic mass is 10.1. The van der Waals surface area contributed by atoms with Gasteiger partial charge >= 0.3 is 5.97 Å². The third kappa shape index (κ3) is 4.40. The molecule has 0 saturated carbocycles. The van der Waals surface area contributed by atoms with Crippen LogP contribution in [0.2, 0.25) is 0 Å². The van der Waals surface area contributed by atoms with Gasteiger partial charge in [-0.1, -0.05) is 18.6 Å². The number of aromatic nitrogens is 2. The first-order chi connectivity index (χ1) is 14.4. The number of amides is 3. The highest BCUT2D eigenvalue weighted by molar-refractivity contribution is 6.21. The van der Waals surface area contributed by atoms with Crippen LogP contribution in [0.15, 0.2) is 30.5 Å². The molecule has 2 heterocycles. The molecular formula is C21H24N4O5. The summed E-state index contributed by atoms with van der Waals surface area (Å²) in [7, 11) is 1.63. The van der Waals surface area contributed by atoms with Crippen molar-refractivity contribution in [1.82, 2.24) is 14.7 Å². The molecule has 1 aromatic heterocycles. The van der Waals surface area contributed by atoms with Gasteiger partial charge in [-0.25, -0.2) is 4.79 Å². The van der Waals surface area contributed by atoms with E-state index in [9.17, 15) is 19.2 Å². The minimum absolute atomic E-state index is 0.207. The third-order valence-corrected chi connectivity index (χ3v) is 4.86. The average Bonchev–Trinajstić information content (AvgIpc) is 3.21. The Morgan fingerprint density at radius 2 is 1.73 bits per heavy atom. The molecule has 0 bridgehead atoms. The van der Waals surface area contributed by atoms with Crippen LogP contribution in [0, 0.1) is 0 Å². The van der Waals surface area contributed by atoms with Gasteiger partial charge in [-0.05, 0) is 31.9 Å². The van der Waals surface area contributed by atoms with Crippen molar-refractivity contribution in [3.63, 3.8) is 0 Å². The van der Waals surface area contributed by atoms with Crippen molar-refractivity contribution in [3.8, 4) is 0 Å². The number of hydrogen-bond donors (Lipinski definition) is 1. The molecule has 0 fully saturated rings. The summed E-state index contributed by atoms with van der Waals surface area (Å²) in [5.74, 6) is -1.02. The summed E-state index contributed by atoms with van der Waals surface area (Å²) in [5, 5.41) is 6.69. The van der Waals surface area contributed by atoms with Gasteiger partial charge in [0.25, 0.3) is 11.8 Å². The number of ether oxygens (including phenoxy) is 1. The highest BCUT2D eigenvalue weighted by Gasteiger charge is 2.34. The summed E-state index contributed by atoms with van der Waals surface area (Å²) in [6, 6.07) is 6.79. The lowest BCUT2D eigenvalue weighted by Gasteiger charge is -2.13. The van der Waals surface area contributed by atoms with Gasteiger partial charge in [0.2, 0.25) is 5.91 Å². The Kier molecular flexibility index (Phi) is 6.61. The molecule has 1 aliphatic rings. The Labute approximate surface area is 174 Å². The highest BCUT2D eigenvalue weighted by atomic mass is 16.5. The number of imide groups is 1. The van der Waals surface area contributed by atoms with E-state index in [4.69, 9.17) is 4.74 Å². The molecule has 0 atom stereocenters. The van der Waals surface area contributed by atoms with E-state index < -0.39 is 5.97 Å². The maximum absolute atomic E-state index is 12.3. The number of esters is 1. The van der Waals surface area contributed by atoms with E-state index in [2.05, 4.69) is 10.4 Å². The lowest BCUT2D eigenvalue weighted by Crippen LogP contribution is -2.30. The minimum Gasteiger partial charge on any atom is -0.462 e. The Balaban J connectivity index is 1.43. The van der Waals surface area contributed by atoms with Gasteiger partial charge in [0, 0.05) is 20.0 Å². The molecule has 2 aromatic rings. The number of nitrogens with one attached hydrogen (secondary N) is 1. The van der Waals surface area contributed by atoms with Crippen LogP contribution in [-0.4, -0.2) is 51.5 Å². The zero-order chi connectivity index (χ0) is 21.7. The van der Waals surface area contributed by atoms with Crippen LogP contribution in [0.5, 0.6) is 0 Å². The van der Waals surface area contributed by atoms with Crippen molar-refractivity contribution < 1.29 is 23.9 Å². The SMILES string of the molecule is CCOC(=O)c1cnn(C)c1NC(=O)CCCCCN1C(=O)c2ccccc2C1=O.